The lowest BCUT2D eigenvalue weighted by atomic mass is 10.2. The van der Waals surface area contributed by atoms with Crippen LogP contribution in [0, 0.1) is 5.82 Å². The minimum Gasteiger partial charge on any atom is -0.207 e. The molecule has 1 aliphatic rings. The van der Waals surface area contributed by atoms with E-state index in [4.69, 9.17) is 11.6 Å². The number of halogens is 2. The zero-order valence-corrected chi connectivity index (χ0v) is 13.1. The van der Waals surface area contributed by atoms with Crippen LogP contribution >= 0.6 is 11.6 Å². The Balaban J connectivity index is 2.44. The lowest BCUT2D eigenvalue weighted by molar-refractivity contribution is 0.335. The van der Waals surface area contributed by atoms with E-state index in [1.165, 1.54) is 16.4 Å². The standard InChI is InChI=1S/C14H19ClFNO2S/c1-2-17(13-5-3-4-6-13)20(18,19)14-9-12(16)8-7-11(14)10-15/h7-9,13H,2-6,10H2,1H3. The lowest BCUT2D eigenvalue weighted by Crippen LogP contribution is -2.39. The number of rotatable bonds is 5. The van der Waals surface area contributed by atoms with E-state index in [0.29, 0.717) is 12.1 Å². The van der Waals surface area contributed by atoms with E-state index in [2.05, 4.69) is 0 Å². The van der Waals surface area contributed by atoms with Gasteiger partial charge in [-0.15, -0.1) is 11.6 Å². The molecule has 112 valence electrons. The van der Waals surface area contributed by atoms with Gasteiger partial charge in [0.05, 0.1) is 4.90 Å². The van der Waals surface area contributed by atoms with Crippen LogP contribution in [-0.2, 0) is 15.9 Å². The van der Waals surface area contributed by atoms with Crippen molar-refractivity contribution in [1.29, 1.82) is 0 Å². The third kappa shape index (κ3) is 3.00. The van der Waals surface area contributed by atoms with Crippen molar-refractivity contribution in [2.75, 3.05) is 6.54 Å². The normalized spacial score (nSPS) is 17.0. The van der Waals surface area contributed by atoms with Crippen molar-refractivity contribution in [2.24, 2.45) is 0 Å². The summed E-state index contributed by atoms with van der Waals surface area (Å²) in [4.78, 5) is 0.00116. The van der Waals surface area contributed by atoms with Crippen LogP contribution in [0.3, 0.4) is 0 Å². The van der Waals surface area contributed by atoms with Crippen LogP contribution in [0.4, 0.5) is 4.39 Å². The maximum absolute atomic E-state index is 13.4. The van der Waals surface area contributed by atoms with Crippen LogP contribution in [0.5, 0.6) is 0 Å². The fourth-order valence-corrected chi connectivity index (χ4v) is 5.06. The molecule has 0 saturated heterocycles. The summed E-state index contributed by atoms with van der Waals surface area (Å²) < 4.78 is 40.5. The summed E-state index contributed by atoms with van der Waals surface area (Å²) in [6.07, 6.45) is 3.83. The van der Waals surface area contributed by atoms with E-state index in [1.54, 1.807) is 0 Å². The predicted molar refractivity (Wildman–Crippen MR) is 77.8 cm³/mol. The molecule has 3 nitrogen and oxygen atoms in total. The van der Waals surface area contributed by atoms with E-state index >= 15 is 0 Å². The summed E-state index contributed by atoms with van der Waals surface area (Å²) in [5.41, 5.74) is 0.449. The Morgan fingerprint density at radius 2 is 2.00 bits per heavy atom. The molecule has 1 aromatic carbocycles. The van der Waals surface area contributed by atoms with Crippen LogP contribution in [0.25, 0.3) is 0 Å². The molecule has 0 amide bonds. The van der Waals surface area contributed by atoms with Crippen LogP contribution in [0.2, 0.25) is 0 Å². The van der Waals surface area contributed by atoms with E-state index in [0.717, 1.165) is 31.7 Å². The molecule has 1 saturated carbocycles. The summed E-state index contributed by atoms with van der Waals surface area (Å²) >= 11 is 5.79. The van der Waals surface area contributed by atoms with E-state index in [1.807, 2.05) is 6.92 Å². The van der Waals surface area contributed by atoms with Gasteiger partial charge in [-0.3, -0.25) is 0 Å². The molecule has 0 radical (unpaired) electrons. The first kappa shape index (κ1) is 15.7. The fourth-order valence-electron chi connectivity index (χ4n) is 2.82. The molecule has 0 aliphatic heterocycles. The number of sulfonamides is 1. The van der Waals surface area contributed by atoms with E-state index in [-0.39, 0.29) is 16.8 Å². The monoisotopic (exact) mass is 319 g/mol. The zero-order chi connectivity index (χ0) is 14.8. The Bertz CT molecular complexity index is 571. The van der Waals surface area contributed by atoms with Gasteiger partial charge in [-0.1, -0.05) is 25.8 Å². The van der Waals surface area contributed by atoms with Crippen LogP contribution in [-0.4, -0.2) is 25.3 Å². The van der Waals surface area contributed by atoms with Crippen LogP contribution < -0.4 is 0 Å². The van der Waals surface area contributed by atoms with Gasteiger partial charge in [-0.05, 0) is 30.5 Å². The largest absolute Gasteiger partial charge is 0.243 e. The zero-order valence-electron chi connectivity index (χ0n) is 11.5. The molecular formula is C14H19ClFNO2S. The van der Waals surface area contributed by atoms with Crippen molar-refractivity contribution >= 4 is 21.6 Å². The molecule has 0 N–H and O–H groups in total. The Kier molecular flexibility index (Phi) is 5.04. The SMILES string of the molecule is CCN(C1CCCC1)S(=O)(=O)c1cc(F)ccc1CCl. The average molecular weight is 320 g/mol. The number of nitrogens with zero attached hydrogens (tertiary/aromatic N) is 1. The highest BCUT2D eigenvalue weighted by Gasteiger charge is 2.33. The highest BCUT2D eigenvalue weighted by Crippen LogP contribution is 2.30. The van der Waals surface area contributed by atoms with Gasteiger partial charge < -0.3 is 0 Å². The van der Waals surface area contributed by atoms with Crippen molar-refractivity contribution < 1.29 is 12.8 Å². The van der Waals surface area contributed by atoms with Gasteiger partial charge in [0.15, 0.2) is 0 Å². The Morgan fingerprint density at radius 1 is 1.35 bits per heavy atom. The van der Waals surface area contributed by atoms with Gasteiger partial charge in [0.1, 0.15) is 5.82 Å². The first-order valence-corrected chi connectivity index (χ1v) is 8.84. The summed E-state index contributed by atoms with van der Waals surface area (Å²) in [7, 11) is -3.69. The van der Waals surface area contributed by atoms with Gasteiger partial charge >= 0.3 is 0 Å². The van der Waals surface area contributed by atoms with Crippen molar-refractivity contribution in [3.8, 4) is 0 Å². The Hall–Kier alpha value is -0.650. The number of alkyl halides is 1. The molecule has 20 heavy (non-hydrogen) atoms. The third-order valence-corrected chi connectivity index (χ3v) is 6.20. The average Bonchev–Trinajstić information content (AvgIpc) is 2.93. The van der Waals surface area contributed by atoms with Gasteiger partial charge in [-0.25, -0.2) is 12.8 Å². The van der Waals surface area contributed by atoms with Crippen LogP contribution in [0.1, 0.15) is 38.2 Å². The van der Waals surface area contributed by atoms with Crippen molar-refractivity contribution in [2.45, 2.75) is 49.4 Å². The van der Waals surface area contributed by atoms with Crippen molar-refractivity contribution in [1.82, 2.24) is 4.31 Å². The molecule has 0 bridgehead atoms. The molecule has 0 aromatic heterocycles. The number of hydrogen-bond acceptors (Lipinski definition) is 2. The Morgan fingerprint density at radius 3 is 2.55 bits per heavy atom. The molecular weight excluding hydrogens is 301 g/mol. The van der Waals surface area contributed by atoms with Crippen LogP contribution in [0.15, 0.2) is 23.1 Å². The third-order valence-electron chi connectivity index (χ3n) is 3.80. The first-order chi connectivity index (χ1) is 9.50. The molecule has 0 atom stereocenters. The van der Waals surface area contributed by atoms with E-state index < -0.39 is 15.8 Å². The molecule has 1 fully saturated rings. The molecule has 2 rings (SSSR count). The predicted octanol–water partition coefficient (Wildman–Crippen LogP) is 3.52. The van der Waals surface area contributed by atoms with Gasteiger partial charge in [0.2, 0.25) is 10.0 Å². The fraction of sp³-hybridized carbons (Fsp3) is 0.571. The van der Waals surface area contributed by atoms with Gasteiger partial charge in [-0.2, -0.15) is 4.31 Å². The molecule has 0 spiro atoms. The first-order valence-electron chi connectivity index (χ1n) is 6.87. The summed E-state index contributed by atoms with van der Waals surface area (Å²) in [5, 5.41) is 0. The second-order valence-electron chi connectivity index (χ2n) is 5.03. The highest BCUT2D eigenvalue weighted by atomic mass is 35.5. The topological polar surface area (TPSA) is 37.4 Å². The second-order valence-corrected chi connectivity index (χ2v) is 7.16. The summed E-state index contributed by atoms with van der Waals surface area (Å²) in [5.74, 6) is -0.503. The molecule has 6 heteroatoms. The minimum absolute atomic E-state index is 0.00116. The van der Waals surface area contributed by atoms with E-state index in [9.17, 15) is 12.8 Å². The highest BCUT2D eigenvalue weighted by molar-refractivity contribution is 7.89. The molecule has 0 heterocycles. The maximum Gasteiger partial charge on any atom is 0.243 e. The molecule has 1 aliphatic carbocycles. The smallest absolute Gasteiger partial charge is 0.207 e. The maximum atomic E-state index is 13.4. The molecule has 0 unspecified atom stereocenters. The minimum atomic E-state index is -3.69. The van der Waals surface area contributed by atoms with Crippen molar-refractivity contribution in [3.63, 3.8) is 0 Å². The Labute approximate surface area is 124 Å². The lowest BCUT2D eigenvalue weighted by Gasteiger charge is -2.27. The number of hydrogen-bond donors (Lipinski definition) is 0. The quantitative estimate of drug-likeness (QED) is 0.779. The number of benzene rings is 1. The second kappa shape index (κ2) is 6.41. The van der Waals surface area contributed by atoms with Gasteiger partial charge in [0.25, 0.3) is 0 Å². The van der Waals surface area contributed by atoms with Crippen molar-refractivity contribution in [3.05, 3.63) is 29.6 Å². The molecule has 1 aromatic rings. The summed E-state index contributed by atoms with van der Waals surface area (Å²) in [6, 6.07) is 3.78. The van der Waals surface area contributed by atoms with Gasteiger partial charge in [0, 0.05) is 18.5 Å². The summed E-state index contributed by atoms with van der Waals surface area (Å²) in [6.45, 7) is 2.21.